The molecule has 0 spiro atoms. The molecule has 2 unspecified atom stereocenters. The van der Waals surface area contributed by atoms with Crippen LogP contribution >= 0.6 is 0 Å². The zero-order chi connectivity index (χ0) is 15.6. The molecule has 118 valence electrons. The molecule has 2 atom stereocenters. The lowest BCUT2D eigenvalue weighted by Gasteiger charge is -2.33. The van der Waals surface area contributed by atoms with Crippen LogP contribution in [-0.4, -0.2) is 21.5 Å². The Kier molecular flexibility index (Phi) is 4.78. The molecule has 5 nitrogen and oxygen atoms in total. The summed E-state index contributed by atoms with van der Waals surface area (Å²) in [4.78, 5) is 0.218. The minimum Gasteiger partial charge on any atom is -0.399 e. The maximum Gasteiger partial charge on any atom is 0.242 e. The van der Waals surface area contributed by atoms with E-state index in [0.717, 1.165) is 12.8 Å². The summed E-state index contributed by atoms with van der Waals surface area (Å²) in [6.45, 7) is 4.50. The first-order valence-corrected chi connectivity index (χ1v) is 8.89. The van der Waals surface area contributed by atoms with Gasteiger partial charge in [0.25, 0.3) is 0 Å². The van der Waals surface area contributed by atoms with E-state index in [1.807, 2.05) is 0 Å². The molecule has 0 radical (unpaired) electrons. The summed E-state index contributed by atoms with van der Waals surface area (Å²) >= 11 is 0. The summed E-state index contributed by atoms with van der Waals surface area (Å²) < 4.78 is 26.6. The molecule has 1 aromatic carbocycles. The standard InChI is InChI=1S/C15H25N3O2S/c1-10-6-11(2)8-13(7-10)18-14-5-4-12(16)9-15(14)21(19,20)17-3/h4-5,9-11,13,17-18H,6-8,16H2,1-3H3. The first-order valence-electron chi connectivity index (χ1n) is 7.41. The molecular weight excluding hydrogens is 286 g/mol. The van der Waals surface area contributed by atoms with Crippen LogP contribution in [0, 0.1) is 11.8 Å². The lowest BCUT2D eigenvalue weighted by Crippen LogP contribution is -2.31. The maximum absolute atomic E-state index is 12.1. The molecule has 2 rings (SSSR count). The molecule has 0 bridgehead atoms. The predicted octanol–water partition coefficient (Wildman–Crippen LogP) is 2.41. The molecule has 1 fully saturated rings. The molecular formula is C15H25N3O2S. The first-order chi connectivity index (χ1) is 9.81. The van der Waals surface area contributed by atoms with Crippen LogP contribution < -0.4 is 15.8 Å². The maximum atomic E-state index is 12.1. The minimum atomic E-state index is -3.52. The van der Waals surface area contributed by atoms with Crippen LogP contribution in [-0.2, 0) is 10.0 Å². The molecule has 1 aliphatic rings. The van der Waals surface area contributed by atoms with E-state index in [0.29, 0.717) is 29.3 Å². The van der Waals surface area contributed by atoms with Crippen LogP contribution in [0.3, 0.4) is 0 Å². The van der Waals surface area contributed by atoms with Gasteiger partial charge in [0, 0.05) is 11.7 Å². The number of rotatable bonds is 4. The van der Waals surface area contributed by atoms with Crippen molar-refractivity contribution in [2.45, 2.75) is 44.0 Å². The van der Waals surface area contributed by atoms with E-state index < -0.39 is 10.0 Å². The van der Waals surface area contributed by atoms with Crippen LogP contribution in [0.5, 0.6) is 0 Å². The fourth-order valence-corrected chi connectivity index (χ4v) is 4.20. The lowest BCUT2D eigenvalue weighted by atomic mass is 9.80. The summed E-state index contributed by atoms with van der Waals surface area (Å²) in [5.74, 6) is 1.31. The largest absolute Gasteiger partial charge is 0.399 e. The number of benzene rings is 1. The average molecular weight is 311 g/mol. The summed E-state index contributed by atoms with van der Waals surface area (Å²) in [6, 6.07) is 5.29. The van der Waals surface area contributed by atoms with E-state index in [4.69, 9.17) is 5.73 Å². The molecule has 1 aromatic rings. The highest BCUT2D eigenvalue weighted by Gasteiger charge is 2.25. The Hall–Kier alpha value is -1.27. The van der Waals surface area contributed by atoms with Gasteiger partial charge in [-0.3, -0.25) is 0 Å². The third kappa shape index (κ3) is 3.89. The van der Waals surface area contributed by atoms with Gasteiger partial charge in [-0.1, -0.05) is 13.8 Å². The van der Waals surface area contributed by atoms with Gasteiger partial charge in [0.15, 0.2) is 0 Å². The van der Waals surface area contributed by atoms with Gasteiger partial charge in [0.2, 0.25) is 10.0 Å². The third-order valence-electron chi connectivity index (χ3n) is 4.10. The van der Waals surface area contributed by atoms with Gasteiger partial charge in [-0.25, -0.2) is 13.1 Å². The van der Waals surface area contributed by atoms with Crippen molar-refractivity contribution >= 4 is 21.4 Å². The van der Waals surface area contributed by atoms with Gasteiger partial charge < -0.3 is 11.1 Å². The van der Waals surface area contributed by atoms with Gasteiger partial charge >= 0.3 is 0 Å². The van der Waals surface area contributed by atoms with E-state index >= 15 is 0 Å². The van der Waals surface area contributed by atoms with E-state index in [1.165, 1.54) is 19.5 Å². The smallest absolute Gasteiger partial charge is 0.242 e. The number of hydrogen-bond donors (Lipinski definition) is 3. The molecule has 0 amide bonds. The van der Waals surface area contributed by atoms with E-state index in [-0.39, 0.29) is 4.90 Å². The van der Waals surface area contributed by atoms with Crippen molar-refractivity contribution in [3.05, 3.63) is 18.2 Å². The SMILES string of the molecule is CNS(=O)(=O)c1cc(N)ccc1NC1CC(C)CC(C)C1. The highest BCUT2D eigenvalue weighted by molar-refractivity contribution is 7.89. The van der Waals surface area contributed by atoms with Gasteiger partial charge in [-0.2, -0.15) is 0 Å². The molecule has 0 aromatic heterocycles. The molecule has 0 aliphatic heterocycles. The van der Waals surface area contributed by atoms with Gasteiger partial charge in [-0.15, -0.1) is 0 Å². The fourth-order valence-electron chi connectivity index (χ4n) is 3.28. The Bertz CT molecular complexity index is 591. The van der Waals surface area contributed by atoms with Crippen LogP contribution in [0.2, 0.25) is 0 Å². The number of nitrogens with one attached hydrogen (secondary N) is 2. The zero-order valence-corrected chi connectivity index (χ0v) is 13.7. The van der Waals surface area contributed by atoms with E-state index in [1.54, 1.807) is 12.1 Å². The molecule has 21 heavy (non-hydrogen) atoms. The van der Waals surface area contributed by atoms with Crippen molar-refractivity contribution in [1.82, 2.24) is 4.72 Å². The number of anilines is 2. The number of sulfonamides is 1. The normalized spacial score (nSPS) is 26.5. The van der Waals surface area contributed by atoms with E-state index in [2.05, 4.69) is 23.9 Å². The average Bonchev–Trinajstić information content (AvgIpc) is 2.39. The topological polar surface area (TPSA) is 84.2 Å². The van der Waals surface area contributed by atoms with Crippen molar-refractivity contribution in [1.29, 1.82) is 0 Å². The van der Waals surface area contributed by atoms with Crippen LogP contribution in [0.4, 0.5) is 11.4 Å². The van der Waals surface area contributed by atoms with Crippen molar-refractivity contribution < 1.29 is 8.42 Å². The molecule has 0 heterocycles. The van der Waals surface area contributed by atoms with Crippen molar-refractivity contribution in [2.75, 3.05) is 18.1 Å². The zero-order valence-electron chi connectivity index (χ0n) is 12.9. The van der Waals surface area contributed by atoms with Crippen molar-refractivity contribution in [2.24, 2.45) is 11.8 Å². The summed E-state index contributed by atoms with van der Waals surface area (Å²) in [7, 11) is -2.11. The van der Waals surface area contributed by atoms with Crippen LogP contribution in [0.1, 0.15) is 33.1 Å². The Morgan fingerprint density at radius 3 is 2.33 bits per heavy atom. The minimum absolute atomic E-state index is 0.218. The summed E-state index contributed by atoms with van der Waals surface area (Å²) in [6.07, 6.45) is 3.36. The highest BCUT2D eigenvalue weighted by atomic mass is 32.2. The molecule has 1 aliphatic carbocycles. The fraction of sp³-hybridized carbons (Fsp3) is 0.600. The van der Waals surface area contributed by atoms with Crippen molar-refractivity contribution in [3.63, 3.8) is 0 Å². The molecule has 1 saturated carbocycles. The number of hydrogen-bond acceptors (Lipinski definition) is 4. The molecule has 0 saturated heterocycles. The Morgan fingerprint density at radius 1 is 1.14 bits per heavy atom. The van der Waals surface area contributed by atoms with Crippen LogP contribution in [0.15, 0.2) is 23.1 Å². The van der Waals surface area contributed by atoms with Crippen LogP contribution in [0.25, 0.3) is 0 Å². The number of nitrogen functional groups attached to an aromatic ring is 1. The third-order valence-corrected chi connectivity index (χ3v) is 5.56. The monoisotopic (exact) mass is 311 g/mol. The number of nitrogens with two attached hydrogens (primary N) is 1. The Morgan fingerprint density at radius 2 is 1.76 bits per heavy atom. The van der Waals surface area contributed by atoms with E-state index in [9.17, 15) is 8.42 Å². The van der Waals surface area contributed by atoms with Gasteiger partial charge in [-0.05, 0) is 56.3 Å². The first kappa shape index (κ1) is 16.1. The van der Waals surface area contributed by atoms with Gasteiger partial charge in [0.1, 0.15) is 4.90 Å². The lowest BCUT2D eigenvalue weighted by molar-refractivity contribution is 0.280. The second kappa shape index (κ2) is 6.23. The second-order valence-corrected chi connectivity index (χ2v) is 8.08. The second-order valence-electron chi connectivity index (χ2n) is 6.22. The quantitative estimate of drug-likeness (QED) is 0.746. The molecule has 6 heteroatoms. The highest BCUT2D eigenvalue weighted by Crippen LogP contribution is 2.32. The Balaban J connectivity index is 2.28. The predicted molar refractivity (Wildman–Crippen MR) is 86.7 cm³/mol. The summed E-state index contributed by atoms with van der Waals surface area (Å²) in [5, 5.41) is 3.40. The van der Waals surface area contributed by atoms with Gasteiger partial charge in [0.05, 0.1) is 5.69 Å². The van der Waals surface area contributed by atoms with Crippen molar-refractivity contribution in [3.8, 4) is 0 Å². The summed E-state index contributed by atoms with van der Waals surface area (Å²) in [5.41, 5.74) is 6.81. The Labute approximate surface area is 127 Å². The molecule has 4 N–H and O–H groups in total.